The predicted molar refractivity (Wildman–Crippen MR) is 122 cm³/mol. The molecule has 1 fully saturated rings. The number of aryl methyl sites for hydroxylation is 1. The Morgan fingerprint density at radius 3 is 2.62 bits per heavy atom. The van der Waals surface area contributed by atoms with E-state index in [0.717, 1.165) is 36.8 Å². The van der Waals surface area contributed by atoms with Crippen LogP contribution < -0.4 is 5.32 Å². The number of rotatable bonds is 7. The van der Waals surface area contributed by atoms with Crippen molar-refractivity contribution in [2.75, 3.05) is 6.54 Å². The molecule has 2 amide bonds. The van der Waals surface area contributed by atoms with Crippen LogP contribution in [0.4, 0.5) is 0 Å². The monoisotopic (exact) mass is 431 g/mol. The van der Waals surface area contributed by atoms with Crippen LogP contribution in [0.25, 0.3) is 0 Å². The Balaban J connectivity index is 1.59. The van der Waals surface area contributed by atoms with Crippen molar-refractivity contribution in [1.82, 2.24) is 15.2 Å². The third-order valence-electron chi connectivity index (χ3n) is 6.07. The highest BCUT2D eigenvalue weighted by atomic mass is 16.3. The van der Waals surface area contributed by atoms with Gasteiger partial charge in [-0.25, -0.2) is 0 Å². The van der Waals surface area contributed by atoms with Crippen LogP contribution in [0, 0.1) is 0 Å². The standard InChI is InChI=1S/C26H29N3O3/c1-2-19-10-12-20(13-11-19)17-22(28-25(30)24-9-6-16-32-24)26(31)29-15-4-3-8-23(29)21-7-5-14-27-18-21/h5-7,9-14,16,18,22-23H,2-4,8,15,17H2,1H3,(H,28,30)/t22-,23+/m0/s1. The van der Waals surface area contributed by atoms with E-state index in [1.165, 1.54) is 11.8 Å². The summed E-state index contributed by atoms with van der Waals surface area (Å²) in [5.41, 5.74) is 3.28. The van der Waals surface area contributed by atoms with Crippen molar-refractivity contribution in [1.29, 1.82) is 0 Å². The van der Waals surface area contributed by atoms with Gasteiger partial charge in [0, 0.05) is 25.4 Å². The zero-order valence-electron chi connectivity index (χ0n) is 18.4. The molecule has 4 rings (SSSR count). The summed E-state index contributed by atoms with van der Waals surface area (Å²) in [4.78, 5) is 32.7. The van der Waals surface area contributed by atoms with Crippen LogP contribution in [0.15, 0.2) is 71.6 Å². The Morgan fingerprint density at radius 2 is 1.94 bits per heavy atom. The SMILES string of the molecule is CCc1ccc(C[C@H](NC(=O)c2ccco2)C(=O)N2CCCC[C@@H]2c2cccnc2)cc1. The van der Waals surface area contributed by atoms with Crippen LogP contribution in [0.3, 0.4) is 0 Å². The molecule has 1 saturated heterocycles. The number of likely N-dealkylation sites (tertiary alicyclic amines) is 1. The number of nitrogens with one attached hydrogen (secondary N) is 1. The fourth-order valence-electron chi connectivity index (χ4n) is 4.30. The molecule has 1 N–H and O–H groups in total. The lowest BCUT2D eigenvalue weighted by Crippen LogP contribution is -2.51. The van der Waals surface area contributed by atoms with E-state index in [1.807, 2.05) is 35.4 Å². The first kappa shape index (κ1) is 21.8. The number of piperidine rings is 1. The highest BCUT2D eigenvalue weighted by Gasteiger charge is 2.33. The number of benzene rings is 1. The quantitative estimate of drug-likeness (QED) is 0.604. The van der Waals surface area contributed by atoms with Crippen LogP contribution in [0.5, 0.6) is 0 Å². The molecule has 3 heterocycles. The van der Waals surface area contributed by atoms with Crippen LogP contribution in [-0.2, 0) is 17.6 Å². The predicted octanol–water partition coefficient (Wildman–Crippen LogP) is 4.33. The first-order chi connectivity index (χ1) is 15.7. The second-order valence-corrected chi connectivity index (χ2v) is 8.21. The molecule has 3 aromatic rings. The maximum Gasteiger partial charge on any atom is 0.287 e. The minimum atomic E-state index is -0.683. The number of carbonyl (C=O) groups excluding carboxylic acids is 2. The second-order valence-electron chi connectivity index (χ2n) is 8.21. The number of aromatic nitrogens is 1. The largest absolute Gasteiger partial charge is 0.459 e. The molecule has 6 nitrogen and oxygen atoms in total. The Bertz CT molecular complexity index is 1020. The van der Waals surface area contributed by atoms with Crippen LogP contribution in [0.1, 0.15) is 59.5 Å². The van der Waals surface area contributed by atoms with Gasteiger partial charge in [-0.3, -0.25) is 14.6 Å². The fourth-order valence-corrected chi connectivity index (χ4v) is 4.30. The fraction of sp³-hybridized carbons (Fsp3) is 0.346. The minimum absolute atomic E-state index is 0.0320. The summed E-state index contributed by atoms with van der Waals surface area (Å²) >= 11 is 0. The second kappa shape index (κ2) is 10.3. The topological polar surface area (TPSA) is 75.4 Å². The smallest absolute Gasteiger partial charge is 0.287 e. The molecule has 2 aromatic heterocycles. The summed E-state index contributed by atoms with van der Waals surface area (Å²) in [6.07, 6.45) is 9.31. The number of furan rings is 1. The summed E-state index contributed by atoms with van der Waals surface area (Å²) < 4.78 is 5.25. The normalized spacial score (nSPS) is 17.0. The first-order valence-corrected chi connectivity index (χ1v) is 11.3. The van der Waals surface area contributed by atoms with Crippen molar-refractivity contribution in [3.63, 3.8) is 0 Å². The van der Waals surface area contributed by atoms with Gasteiger partial charge in [-0.15, -0.1) is 0 Å². The molecular weight excluding hydrogens is 402 g/mol. The van der Waals surface area contributed by atoms with Gasteiger partial charge in [0.15, 0.2) is 5.76 Å². The van der Waals surface area contributed by atoms with E-state index in [-0.39, 0.29) is 23.6 Å². The number of hydrogen-bond donors (Lipinski definition) is 1. The van der Waals surface area contributed by atoms with Gasteiger partial charge in [0.1, 0.15) is 6.04 Å². The minimum Gasteiger partial charge on any atom is -0.459 e. The zero-order valence-corrected chi connectivity index (χ0v) is 18.4. The molecule has 0 unspecified atom stereocenters. The summed E-state index contributed by atoms with van der Waals surface area (Å²) in [6, 6.07) is 14.7. The highest BCUT2D eigenvalue weighted by Crippen LogP contribution is 2.31. The number of carbonyl (C=O) groups is 2. The lowest BCUT2D eigenvalue weighted by molar-refractivity contribution is -0.137. The number of amides is 2. The third kappa shape index (κ3) is 5.07. The number of hydrogen-bond acceptors (Lipinski definition) is 4. The number of nitrogens with zero attached hydrogens (tertiary/aromatic N) is 2. The van der Waals surface area contributed by atoms with Crippen molar-refractivity contribution in [3.8, 4) is 0 Å². The molecule has 166 valence electrons. The maximum absolute atomic E-state index is 13.8. The van der Waals surface area contributed by atoms with E-state index >= 15 is 0 Å². The van der Waals surface area contributed by atoms with Crippen molar-refractivity contribution < 1.29 is 14.0 Å². The van der Waals surface area contributed by atoms with Gasteiger partial charge in [-0.2, -0.15) is 0 Å². The maximum atomic E-state index is 13.8. The highest BCUT2D eigenvalue weighted by molar-refractivity contribution is 5.95. The molecule has 1 aliphatic rings. The Labute approximate surface area is 188 Å². The van der Waals surface area contributed by atoms with E-state index in [0.29, 0.717) is 13.0 Å². The van der Waals surface area contributed by atoms with E-state index in [2.05, 4.69) is 29.4 Å². The third-order valence-corrected chi connectivity index (χ3v) is 6.07. The summed E-state index contributed by atoms with van der Waals surface area (Å²) in [5.74, 6) is -0.252. The molecule has 32 heavy (non-hydrogen) atoms. The molecule has 6 heteroatoms. The van der Waals surface area contributed by atoms with Crippen LogP contribution >= 0.6 is 0 Å². The lowest BCUT2D eigenvalue weighted by Gasteiger charge is -2.38. The van der Waals surface area contributed by atoms with E-state index < -0.39 is 6.04 Å². The van der Waals surface area contributed by atoms with Crippen molar-refractivity contribution in [2.45, 2.75) is 51.1 Å². The molecule has 1 aromatic carbocycles. The molecule has 1 aliphatic heterocycles. The van der Waals surface area contributed by atoms with Gasteiger partial charge in [0.2, 0.25) is 5.91 Å². The van der Waals surface area contributed by atoms with Gasteiger partial charge in [-0.05, 0) is 60.6 Å². The van der Waals surface area contributed by atoms with Crippen molar-refractivity contribution >= 4 is 11.8 Å². The molecule has 2 atom stereocenters. The van der Waals surface area contributed by atoms with Gasteiger partial charge in [0.05, 0.1) is 12.3 Å². The molecular formula is C26H29N3O3. The van der Waals surface area contributed by atoms with Gasteiger partial charge < -0.3 is 14.6 Å². The van der Waals surface area contributed by atoms with Gasteiger partial charge >= 0.3 is 0 Å². The van der Waals surface area contributed by atoms with E-state index in [4.69, 9.17) is 4.42 Å². The molecule has 0 aliphatic carbocycles. The summed E-state index contributed by atoms with van der Waals surface area (Å²) in [7, 11) is 0. The average Bonchev–Trinajstić information content (AvgIpc) is 3.39. The number of pyridine rings is 1. The van der Waals surface area contributed by atoms with Gasteiger partial charge in [-0.1, -0.05) is 37.3 Å². The summed E-state index contributed by atoms with van der Waals surface area (Å²) in [6.45, 7) is 2.78. The van der Waals surface area contributed by atoms with Gasteiger partial charge in [0.25, 0.3) is 5.91 Å². The molecule has 0 saturated carbocycles. The molecule has 0 spiro atoms. The Morgan fingerprint density at radius 1 is 1.12 bits per heavy atom. The molecule has 0 radical (unpaired) electrons. The van der Waals surface area contributed by atoms with Crippen molar-refractivity contribution in [3.05, 3.63) is 89.6 Å². The average molecular weight is 432 g/mol. The molecule has 0 bridgehead atoms. The van der Waals surface area contributed by atoms with E-state index in [1.54, 1.807) is 18.3 Å². The summed E-state index contributed by atoms with van der Waals surface area (Å²) in [5, 5.41) is 2.93. The zero-order chi connectivity index (χ0) is 22.3. The Kier molecular flexibility index (Phi) is 7.00. The van der Waals surface area contributed by atoms with Crippen LogP contribution in [-0.4, -0.2) is 34.3 Å². The Hall–Kier alpha value is -3.41. The van der Waals surface area contributed by atoms with Crippen LogP contribution in [0.2, 0.25) is 0 Å². The van der Waals surface area contributed by atoms with E-state index in [9.17, 15) is 9.59 Å². The first-order valence-electron chi connectivity index (χ1n) is 11.3. The lowest BCUT2D eigenvalue weighted by atomic mass is 9.94. The van der Waals surface area contributed by atoms with Crippen molar-refractivity contribution in [2.24, 2.45) is 0 Å².